The number of fused-ring (bicyclic) bond motifs is 1. The smallest absolute Gasteiger partial charge is 0.332 e. The van der Waals surface area contributed by atoms with E-state index in [2.05, 4.69) is 15.1 Å². The van der Waals surface area contributed by atoms with Gasteiger partial charge in [0.05, 0.1) is 6.33 Å². The molecule has 0 N–H and O–H groups in total. The Bertz CT molecular complexity index is 1030. The first kappa shape index (κ1) is 16.2. The maximum atomic E-state index is 12.5. The molecule has 1 atom stereocenters. The first-order chi connectivity index (χ1) is 11.1. The molecule has 0 bridgehead atoms. The molecule has 0 radical (unpaired) electrons. The zero-order chi connectivity index (χ0) is 17.8. The van der Waals surface area contributed by atoms with Crippen molar-refractivity contribution in [2.45, 2.75) is 39.2 Å². The lowest BCUT2D eigenvalue weighted by molar-refractivity contribution is 0.337. The zero-order valence-corrected chi connectivity index (χ0v) is 14.6. The SMILES string of the molecule is C[C@H](c1nc(C(C)(C)C)no1)n1cnc2c1c(=O)n(C)c(=O)n2C. The van der Waals surface area contributed by atoms with Crippen LogP contribution >= 0.6 is 0 Å². The molecule has 0 aliphatic heterocycles. The highest BCUT2D eigenvalue weighted by molar-refractivity contribution is 5.70. The highest BCUT2D eigenvalue weighted by Gasteiger charge is 2.25. The van der Waals surface area contributed by atoms with Crippen molar-refractivity contribution < 1.29 is 4.52 Å². The van der Waals surface area contributed by atoms with E-state index in [4.69, 9.17) is 4.52 Å². The molecule has 0 unspecified atom stereocenters. The minimum absolute atomic E-state index is 0.238. The average Bonchev–Trinajstić information content (AvgIpc) is 3.16. The molecule has 3 aromatic heterocycles. The molecule has 24 heavy (non-hydrogen) atoms. The third-order valence-electron chi connectivity index (χ3n) is 4.06. The second kappa shape index (κ2) is 5.15. The quantitative estimate of drug-likeness (QED) is 0.685. The van der Waals surface area contributed by atoms with Gasteiger partial charge in [-0.2, -0.15) is 4.98 Å². The van der Waals surface area contributed by atoms with Crippen molar-refractivity contribution in [3.8, 4) is 0 Å². The predicted molar refractivity (Wildman–Crippen MR) is 87.0 cm³/mol. The van der Waals surface area contributed by atoms with E-state index in [0.717, 1.165) is 4.57 Å². The van der Waals surface area contributed by atoms with Gasteiger partial charge in [-0.25, -0.2) is 9.78 Å². The summed E-state index contributed by atoms with van der Waals surface area (Å²) >= 11 is 0. The fourth-order valence-electron chi connectivity index (χ4n) is 2.49. The van der Waals surface area contributed by atoms with Gasteiger partial charge >= 0.3 is 5.69 Å². The third kappa shape index (κ3) is 2.27. The van der Waals surface area contributed by atoms with Crippen LogP contribution in [0.1, 0.15) is 45.5 Å². The zero-order valence-electron chi connectivity index (χ0n) is 14.6. The molecule has 0 spiro atoms. The van der Waals surface area contributed by atoms with Gasteiger partial charge in [0, 0.05) is 19.5 Å². The van der Waals surface area contributed by atoms with E-state index in [1.165, 1.54) is 17.9 Å². The van der Waals surface area contributed by atoms with Gasteiger partial charge in [-0.1, -0.05) is 25.9 Å². The maximum absolute atomic E-state index is 12.5. The van der Waals surface area contributed by atoms with Crippen LogP contribution in [0.4, 0.5) is 0 Å². The fraction of sp³-hybridized carbons (Fsp3) is 0.533. The Hall–Kier alpha value is -2.71. The van der Waals surface area contributed by atoms with Crippen LogP contribution in [0.15, 0.2) is 20.4 Å². The van der Waals surface area contributed by atoms with Gasteiger partial charge in [-0.05, 0) is 6.92 Å². The number of aromatic nitrogens is 6. The molecule has 0 aromatic carbocycles. The Labute approximate surface area is 137 Å². The number of hydrogen-bond acceptors (Lipinski definition) is 6. The fourth-order valence-corrected chi connectivity index (χ4v) is 2.49. The Morgan fingerprint density at radius 1 is 1.17 bits per heavy atom. The average molecular weight is 332 g/mol. The first-order valence-corrected chi connectivity index (χ1v) is 7.59. The van der Waals surface area contributed by atoms with Crippen molar-refractivity contribution in [2.24, 2.45) is 14.1 Å². The molecule has 0 amide bonds. The molecule has 128 valence electrons. The number of hydrogen-bond donors (Lipinski definition) is 0. The van der Waals surface area contributed by atoms with Gasteiger partial charge in [-0.15, -0.1) is 0 Å². The molecule has 3 rings (SSSR count). The van der Waals surface area contributed by atoms with Gasteiger partial charge in [0.15, 0.2) is 17.0 Å². The number of imidazole rings is 1. The van der Waals surface area contributed by atoms with E-state index < -0.39 is 11.2 Å². The summed E-state index contributed by atoms with van der Waals surface area (Å²) in [5.74, 6) is 0.976. The van der Waals surface area contributed by atoms with Crippen molar-refractivity contribution >= 4 is 11.2 Å². The normalized spacial score (nSPS) is 13.6. The predicted octanol–water partition coefficient (Wildman–Crippen LogP) is 0.723. The third-order valence-corrected chi connectivity index (χ3v) is 4.06. The van der Waals surface area contributed by atoms with Crippen molar-refractivity contribution in [1.29, 1.82) is 0 Å². The second-order valence-corrected chi connectivity index (χ2v) is 6.91. The minimum Gasteiger partial charge on any atom is -0.337 e. The van der Waals surface area contributed by atoms with Crippen molar-refractivity contribution in [1.82, 2.24) is 28.8 Å². The summed E-state index contributed by atoms with van der Waals surface area (Å²) in [6.45, 7) is 7.81. The summed E-state index contributed by atoms with van der Waals surface area (Å²) in [4.78, 5) is 33.1. The standard InChI is InChI=1S/C15H20N6O3/c1-8(11-17-13(18-24-11)15(2,3)4)21-7-16-10-9(21)12(22)20(6)14(23)19(10)5/h7-8H,1-6H3/t8-/m1/s1. The van der Waals surface area contributed by atoms with E-state index in [0.29, 0.717) is 22.9 Å². The Balaban J connectivity index is 2.18. The topological polar surface area (TPSA) is 101 Å². The van der Waals surface area contributed by atoms with Gasteiger partial charge in [0.1, 0.15) is 6.04 Å². The number of rotatable bonds is 2. The van der Waals surface area contributed by atoms with E-state index in [-0.39, 0.29) is 11.5 Å². The molecule has 3 heterocycles. The van der Waals surface area contributed by atoms with Crippen LogP contribution in [0.25, 0.3) is 11.2 Å². The highest BCUT2D eigenvalue weighted by Crippen LogP contribution is 2.24. The molecule has 0 saturated heterocycles. The minimum atomic E-state index is -0.418. The first-order valence-electron chi connectivity index (χ1n) is 7.59. The molecular weight excluding hydrogens is 312 g/mol. The van der Waals surface area contributed by atoms with Gasteiger partial charge < -0.3 is 9.09 Å². The largest absolute Gasteiger partial charge is 0.337 e. The van der Waals surface area contributed by atoms with E-state index >= 15 is 0 Å². The summed E-state index contributed by atoms with van der Waals surface area (Å²) in [7, 11) is 3.02. The molecule has 9 heteroatoms. The lowest BCUT2D eigenvalue weighted by Crippen LogP contribution is -2.37. The molecule has 0 aliphatic carbocycles. The van der Waals surface area contributed by atoms with Crippen LogP contribution in [-0.4, -0.2) is 28.8 Å². The Morgan fingerprint density at radius 2 is 1.83 bits per heavy atom. The van der Waals surface area contributed by atoms with E-state index in [1.54, 1.807) is 11.6 Å². The van der Waals surface area contributed by atoms with Crippen LogP contribution in [0, 0.1) is 0 Å². The van der Waals surface area contributed by atoms with Crippen LogP contribution in [0.3, 0.4) is 0 Å². The Morgan fingerprint density at radius 3 is 2.42 bits per heavy atom. The Kier molecular flexibility index (Phi) is 3.47. The van der Waals surface area contributed by atoms with Gasteiger partial charge in [0.25, 0.3) is 5.56 Å². The van der Waals surface area contributed by atoms with E-state index in [1.807, 2.05) is 27.7 Å². The summed E-state index contributed by atoms with van der Waals surface area (Å²) in [5, 5.41) is 4.01. The molecule has 0 aliphatic rings. The van der Waals surface area contributed by atoms with Crippen LogP contribution in [0.5, 0.6) is 0 Å². The maximum Gasteiger partial charge on any atom is 0.332 e. The summed E-state index contributed by atoms with van der Waals surface area (Å²) < 4.78 is 9.41. The van der Waals surface area contributed by atoms with Crippen molar-refractivity contribution in [2.75, 3.05) is 0 Å². The van der Waals surface area contributed by atoms with E-state index in [9.17, 15) is 9.59 Å². The van der Waals surface area contributed by atoms with Crippen LogP contribution < -0.4 is 11.2 Å². The number of nitrogens with zero attached hydrogens (tertiary/aromatic N) is 6. The summed E-state index contributed by atoms with van der Waals surface area (Å²) in [6, 6.07) is -0.385. The van der Waals surface area contributed by atoms with Gasteiger partial charge in [-0.3, -0.25) is 13.9 Å². The monoisotopic (exact) mass is 332 g/mol. The summed E-state index contributed by atoms with van der Waals surface area (Å²) in [5.41, 5.74) is -0.419. The lowest BCUT2D eigenvalue weighted by atomic mass is 9.96. The number of aryl methyl sites for hydroxylation is 1. The molecule has 0 saturated carbocycles. The van der Waals surface area contributed by atoms with Gasteiger partial charge in [0.2, 0.25) is 5.89 Å². The molecule has 0 fully saturated rings. The molecule has 9 nitrogen and oxygen atoms in total. The summed E-state index contributed by atoms with van der Waals surface area (Å²) in [6.07, 6.45) is 1.51. The molecule has 3 aromatic rings. The molecular formula is C15H20N6O3. The highest BCUT2D eigenvalue weighted by atomic mass is 16.5. The van der Waals surface area contributed by atoms with Crippen molar-refractivity contribution in [3.05, 3.63) is 38.9 Å². The van der Waals surface area contributed by atoms with Crippen LogP contribution in [-0.2, 0) is 19.5 Å². The van der Waals surface area contributed by atoms with Crippen LogP contribution in [0.2, 0.25) is 0 Å². The van der Waals surface area contributed by atoms with Crippen molar-refractivity contribution in [3.63, 3.8) is 0 Å². The lowest BCUT2D eigenvalue weighted by Gasteiger charge is -2.12. The second-order valence-electron chi connectivity index (χ2n) is 6.91.